The van der Waals surface area contributed by atoms with Gasteiger partial charge >= 0.3 is 0 Å². The van der Waals surface area contributed by atoms with Crippen LogP contribution in [0, 0.1) is 0 Å². The lowest BCUT2D eigenvalue weighted by Gasteiger charge is -2.31. The Morgan fingerprint density at radius 1 is 1.56 bits per heavy atom. The van der Waals surface area contributed by atoms with E-state index in [9.17, 15) is 4.79 Å². The van der Waals surface area contributed by atoms with Crippen molar-refractivity contribution in [1.29, 1.82) is 0 Å². The molecule has 0 aromatic carbocycles. The number of nitrogens with one attached hydrogen (secondary N) is 1. The Morgan fingerprint density at radius 3 is 2.83 bits per heavy atom. The molecule has 1 aliphatic rings. The largest absolute Gasteiger partial charge is 0.317 e. The van der Waals surface area contributed by atoms with Gasteiger partial charge in [-0.05, 0) is 39.4 Å². The Bertz CT molecular complexity index is 404. The summed E-state index contributed by atoms with van der Waals surface area (Å²) in [5.74, 6) is 0.197. The van der Waals surface area contributed by atoms with Crippen molar-refractivity contribution in [3.63, 3.8) is 0 Å². The molecule has 1 aliphatic heterocycles. The molecule has 0 aliphatic carbocycles. The van der Waals surface area contributed by atoms with Gasteiger partial charge in [0.1, 0.15) is 6.17 Å². The van der Waals surface area contributed by atoms with Crippen molar-refractivity contribution in [2.24, 2.45) is 0 Å². The van der Waals surface area contributed by atoms with Gasteiger partial charge in [-0.3, -0.25) is 10.1 Å². The zero-order valence-electron chi connectivity index (χ0n) is 11.4. The average Bonchev–Trinajstić information content (AvgIpc) is 2.87. The summed E-state index contributed by atoms with van der Waals surface area (Å²) >= 11 is 1.69. The molecule has 5 heteroatoms. The van der Waals surface area contributed by atoms with Crippen LogP contribution in [0.3, 0.4) is 0 Å². The number of carbonyl (C=O) groups is 1. The number of amides is 1. The van der Waals surface area contributed by atoms with Gasteiger partial charge in [-0.15, -0.1) is 11.3 Å². The van der Waals surface area contributed by atoms with Crippen LogP contribution < -0.4 is 5.32 Å². The van der Waals surface area contributed by atoms with E-state index in [-0.39, 0.29) is 24.2 Å². The second-order valence-electron chi connectivity index (χ2n) is 5.16. The van der Waals surface area contributed by atoms with E-state index in [1.807, 2.05) is 32.0 Å². The molecule has 1 N–H and O–H groups in total. The predicted octanol–water partition coefficient (Wildman–Crippen LogP) is 1.52. The minimum Gasteiger partial charge on any atom is -0.317 e. The number of thiophene rings is 1. The van der Waals surface area contributed by atoms with E-state index in [0.29, 0.717) is 0 Å². The van der Waals surface area contributed by atoms with Crippen LogP contribution in [0.25, 0.3) is 0 Å². The Balaban J connectivity index is 2.20. The highest BCUT2D eigenvalue weighted by atomic mass is 32.1. The molecule has 2 heterocycles. The van der Waals surface area contributed by atoms with Crippen molar-refractivity contribution in [3.8, 4) is 0 Å². The lowest BCUT2D eigenvalue weighted by atomic mass is 10.2. The van der Waals surface area contributed by atoms with E-state index >= 15 is 0 Å². The first kappa shape index (κ1) is 13.5. The smallest absolute Gasteiger partial charge is 0.241 e. The van der Waals surface area contributed by atoms with Gasteiger partial charge in [0, 0.05) is 17.5 Å². The first-order valence-electron chi connectivity index (χ1n) is 6.27. The monoisotopic (exact) mass is 267 g/mol. The predicted molar refractivity (Wildman–Crippen MR) is 74.5 cm³/mol. The molecule has 3 atom stereocenters. The maximum Gasteiger partial charge on any atom is 0.241 e. The highest BCUT2D eigenvalue weighted by molar-refractivity contribution is 7.10. The fraction of sp³-hybridized carbons (Fsp3) is 0.615. The molecule has 0 bridgehead atoms. The molecule has 3 unspecified atom stereocenters. The van der Waals surface area contributed by atoms with Crippen LogP contribution in [0.2, 0.25) is 0 Å². The molecular formula is C13H21N3OS. The second kappa shape index (κ2) is 5.38. The van der Waals surface area contributed by atoms with E-state index in [4.69, 9.17) is 0 Å². The van der Waals surface area contributed by atoms with Crippen molar-refractivity contribution in [2.75, 3.05) is 20.6 Å². The maximum absolute atomic E-state index is 12.3. The van der Waals surface area contributed by atoms with E-state index in [1.165, 1.54) is 4.88 Å². The Kier molecular flexibility index (Phi) is 4.04. The molecule has 0 radical (unpaired) electrons. The number of nitrogens with zero attached hydrogens (tertiary/aromatic N) is 2. The molecule has 18 heavy (non-hydrogen) atoms. The van der Waals surface area contributed by atoms with Crippen LogP contribution in [-0.4, -0.2) is 48.4 Å². The Hall–Kier alpha value is -0.910. The first-order chi connectivity index (χ1) is 8.50. The zero-order chi connectivity index (χ0) is 13.3. The maximum atomic E-state index is 12.3. The summed E-state index contributed by atoms with van der Waals surface area (Å²) in [5, 5.41) is 5.43. The molecule has 0 saturated carbocycles. The van der Waals surface area contributed by atoms with Gasteiger partial charge in [0.2, 0.25) is 5.91 Å². The van der Waals surface area contributed by atoms with Gasteiger partial charge in [0.15, 0.2) is 0 Å². The number of hydrogen-bond acceptors (Lipinski definition) is 4. The minimum absolute atomic E-state index is 0.0300. The van der Waals surface area contributed by atoms with Crippen LogP contribution >= 0.6 is 11.3 Å². The van der Waals surface area contributed by atoms with Crippen molar-refractivity contribution in [2.45, 2.75) is 32.1 Å². The van der Waals surface area contributed by atoms with Crippen LogP contribution in [-0.2, 0) is 4.79 Å². The first-order valence-corrected chi connectivity index (χ1v) is 7.15. The molecule has 2 rings (SSSR count). The molecule has 0 spiro atoms. The lowest BCUT2D eigenvalue weighted by molar-refractivity contribution is -0.132. The number of rotatable bonds is 4. The van der Waals surface area contributed by atoms with Crippen LogP contribution in [0.4, 0.5) is 0 Å². The number of hydrogen-bond donors (Lipinski definition) is 1. The summed E-state index contributed by atoms with van der Waals surface area (Å²) in [6.07, 6.45) is 0.0300. The minimum atomic E-state index is -0.0956. The van der Waals surface area contributed by atoms with Crippen molar-refractivity contribution < 1.29 is 4.79 Å². The van der Waals surface area contributed by atoms with E-state index < -0.39 is 0 Å². The highest BCUT2D eigenvalue weighted by Gasteiger charge is 2.40. The summed E-state index contributed by atoms with van der Waals surface area (Å²) in [4.78, 5) is 17.6. The quantitative estimate of drug-likeness (QED) is 0.898. The van der Waals surface area contributed by atoms with Gasteiger partial charge in [0.05, 0.1) is 6.04 Å². The van der Waals surface area contributed by atoms with E-state index in [2.05, 4.69) is 28.6 Å². The zero-order valence-corrected chi connectivity index (χ0v) is 12.2. The summed E-state index contributed by atoms with van der Waals surface area (Å²) in [6, 6.07) is 4.23. The second-order valence-corrected chi connectivity index (χ2v) is 6.14. The van der Waals surface area contributed by atoms with E-state index in [0.717, 1.165) is 6.54 Å². The average molecular weight is 267 g/mol. The van der Waals surface area contributed by atoms with Crippen molar-refractivity contribution >= 4 is 17.2 Å². The van der Waals surface area contributed by atoms with Gasteiger partial charge in [-0.1, -0.05) is 6.07 Å². The lowest BCUT2D eigenvalue weighted by Crippen LogP contribution is -2.43. The molecule has 1 aromatic heterocycles. The Labute approximate surface area is 113 Å². The molecule has 1 fully saturated rings. The molecule has 1 saturated heterocycles. The fourth-order valence-corrected chi connectivity index (χ4v) is 3.28. The fourth-order valence-electron chi connectivity index (χ4n) is 2.49. The molecular weight excluding hydrogens is 246 g/mol. The summed E-state index contributed by atoms with van der Waals surface area (Å²) < 4.78 is 0. The summed E-state index contributed by atoms with van der Waals surface area (Å²) in [6.45, 7) is 4.92. The Morgan fingerprint density at radius 2 is 2.28 bits per heavy atom. The van der Waals surface area contributed by atoms with Crippen molar-refractivity contribution in [1.82, 2.24) is 15.1 Å². The molecule has 4 nitrogen and oxygen atoms in total. The van der Waals surface area contributed by atoms with Crippen LogP contribution in [0.1, 0.15) is 24.9 Å². The number of carbonyl (C=O) groups excluding carboxylic acids is 1. The summed E-state index contributed by atoms with van der Waals surface area (Å²) in [5.41, 5.74) is 0. The van der Waals surface area contributed by atoms with Gasteiger partial charge in [-0.2, -0.15) is 0 Å². The normalized spacial score (nSPS) is 26.1. The third kappa shape index (κ3) is 2.58. The standard InChI is InChI=1S/C13H21N3OS/c1-9(8-15(3)4)16-12(11-6-5-7-18-11)14-10(2)13(16)17/h5-7,9-10,12,14H,8H2,1-4H3. The molecule has 1 amide bonds. The SMILES string of the molecule is CC1NC(c2cccs2)N(C(C)CN(C)C)C1=O. The van der Waals surface area contributed by atoms with Gasteiger partial charge in [0.25, 0.3) is 0 Å². The molecule has 100 valence electrons. The van der Waals surface area contributed by atoms with Gasteiger partial charge < -0.3 is 9.80 Å². The highest BCUT2D eigenvalue weighted by Crippen LogP contribution is 2.30. The van der Waals surface area contributed by atoms with E-state index in [1.54, 1.807) is 11.3 Å². The van der Waals surface area contributed by atoms with Crippen LogP contribution in [0.15, 0.2) is 17.5 Å². The third-order valence-corrected chi connectivity index (χ3v) is 4.15. The third-order valence-electron chi connectivity index (χ3n) is 3.23. The number of likely N-dealkylation sites (N-methyl/N-ethyl adjacent to an activating group) is 1. The van der Waals surface area contributed by atoms with Crippen LogP contribution in [0.5, 0.6) is 0 Å². The summed E-state index contributed by atoms with van der Waals surface area (Å²) in [7, 11) is 4.07. The molecule has 1 aromatic rings. The topological polar surface area (TPSA) is 35.6 Å². The van der Waals surface area contributed by atoms with Crippen molar-refractivity contribution in [3.05, 3.63) is 22.4 Å². The van der Waals surface area contributed by atoms with Gasteiger partial charge in [-0.25, -0.2) is 0 Å².